The van der Waals surface area contributed by atoms with Crippen molar-refractivity contribution in [1.29, 1.82) is 0 Å². The first-order valence-electron chi connectivity index (χ1n) is 7.33. The third kappa shape index (κ3) is 3.73. The van der Waals surface area contributed by atoms with Crippen LogP contribution in [0, 0.1) is 11.8 Å². The lowest BCUT2D eigenvalue weighted by Crippen LogP contribution is -2.28. The van der Waals surface area contributed by atoms with E-state index >= 15 is 0 Å². The lowest BCUT2D eigenvalue weighted by molar-refractivity contribution is 0.309. The molecule has 0 bridgehead atoms. The van der Waals surface area contributed by atoms with Gasteiger partial charge in [-0.05, 0) is 56.3 Å². The maximum absolute atomic E-state index is 5.81. The summed E-state index contributed by atoms with van der Waals surface area (Å²) in [4.78, 5) is 0. The quantitative estimate of drug-likeness (QED) is 0.794. The first-order chi connectivity index (χ1) is 9.17. The van der Waals surface area contributed by atoms with Crippen LogP contribution in [0.5, 0.6) is 5.75 Å². The molecule has 0 saturated heterocycles. The SMILES string of the molecule is CCNC(c1cc(Br)ccc1OCC)C(C)C1CC1. The molecule has 2 nitrogen and oxygen atoms in total. The van der Waals surface area contributed by atoms with Crippen molar-refractivity contribution >= 4 is 15.9 Å². The molecule has 3 heteroatoms. The zero-order valence-electron chi connectivity index (χ0n) is 12.1. The van der Waals surface area contributed by atoms with Crippen molar-refractivity contribution in [1.82, 2.24) is 5.32 Å². The average molecular weight is 326 g/mol. The Bertz CT molecular complexity index is 417. The Hall–Kier alpha value is -0.540. The second-order valence-corrected chi connectivity index (χ2v) is 6.26. The maximum atomic E-state index is 5.81. The molecule has 0 amide bonds. The molecule has 0 spiro atoms. The molecule has 106 valence electrons. The number of benzene rings is 1. The molecule has 0 radical (unpaired) electrons. The molecule has 0 aromatic heterocycles. The van der Waals surface area contributed by atoms with Crippen LogP contribution < -0.4 is 10.1 Å². The summed E-state index contributed by atoms with van der Waals surface area (Å²) in [6, 6.07) is 6.72. The summed E-state index contributed by atoms with van der Waals surface area (Å²) in [6.07, 6.45) is 2.75. The lowest BCUT2D eigenvalue weighted by Gasteiger charge is -2.27. The van der Waals surface area contributed by atoms with Gasteiger partial charge in [-0.3, -0.25) is 0 Å². The van der Waals surface area contributed by atoms with Crippen LogP contribution in [0.3, 0.4) is 0 Å². The topological polar surface area (TPSA) is 21.3 Å². The van der Waals surface area contributed by atoms with Crippen LogP contribution >= 0.6 is 15.9 Å². The molecule has 1 aromatic rings. The Balaban J connectivity index is 2.30. The minimum Gasteiger partial charge on any atom is -0.494 e. The summed E-state index contributed by atoms with van der Waals surface area (Å²) in [5, 5.41) is 3.65. The van der Waals surface area contributed by atoms with Gasteiger partial charge in [-0.2, -0.15) is 0 Å². The van der Waals surface area contributed by atoms with E-state index in [9.17, 15) is 0 Å². The van der Waals surface area contributed by atoms with Gasteiger partial charge in [0.05, 0.1) is 6.61 Å². The van der Waals surface area contributed by atoms with E-state index in [4.69, 9.17) is 4.74 Å². The van der Waals surface area contributed by atoms with Crippen molar-refractivity contribution in [3.8, 4) is 5.75 Å². The van der Waals surface area contributed by atoms with Crippen molar-refractivity contribution in [2.24, 2.45) is 11.8 Å². The van der Waals surface area contributed by atoms with Gasteiger partial charge in [-0.1, -0.05) is 29.8 Å². The molecule has 1 fully saturated rings. The van der Waals surface area contributed by atoms with Crippen molar-refractivity contribution in [2.75, 3.05) is 13.2 Å². The number of hydrogen-bond acceptors (Lipinski definition) is 2. The molecule has 1 N–H and O–H groups in total. The first-order valence-corrected chi connectivity index (χ1v) is 8.12. The van der Waals surface area contributed by atoms with E-state index in [0.29, 0.717) is 18.6 Å². The Morgan fingerprint density at radius 1 is 1.37 bits per heavy atom. The Morgan fingerprint density at radius 3 is 2.68 bits per heavy atom. The molecule has 2 unspecified atom stereocenters. The van der Waals surface area contributed by atoms with E-state index in [1.54, 1.807) is 0 Å². The molecular weight excluding hydrogens is 302 g/mol. The van der Waals surface area contributed by atoms with Gasteiger partial charge >= 0.3 is 0 Å². The monoisotopic (exact) mass is 325 g/mol. The highest BCUT2D eigenvalue weighted by Gasteiger charge is 2.34. The summed E-state index contributed by atoms with van der Waals surface area (Å²) < 4.78 is 6.93. The van der Waals surface area contributed by atoms with Crippen LogP contribution in [0.2, 0.25) is 0 Å². The zero-order valence-corrected chi connectivity index (χ0v) is 13.7. The van der Waals surface area contributed by atoms with Gasteiger partial charge in [-0.25, -0.2) is 0 Å². The van der Waals surface area contributed by atoms with Gasteiger partial charge in [0.1, 0.15) is 5.75 Å². The zero-order chi connectivity index (χ0) is 13.8. The van der Waals surface area contributed by atoms with Crippen LogP contribution in [0.25, 0.3) is 0 Å². The first kappa shape index (κ1) is 14.9. The van der Waals surface area contributed by atoms with E-state index in [1.807, 2.05) is 6.92 Å². The van der Waals surface area contributed by atoms with Crippen molar-refractivity contribution in [2.45, 2.75) is 39.7 Å². The van der Waals surface area contributed by atoms with Crippen LogP contribution in [-0.4, -0.2) is 13.2 Å². The fourth-order valence-corrected chi connectivity index (χ4v) is 3.12. The lowest BCUT2D eigenvalue weighted by atomic mass is 9.90. The predicted octanol–water partition coefficient (Wildman–Crippen LogP) is 4.54. The Labute approximate surface area is 125 Å². The van der Waals surface area contributed by atoms with E-state index in [-0.39, 0.29) is 0 Å². The maximum Gasteiger partial charge on any atom is 0.124 e. The minimum atomic E-state index is 0.386. The largest absolute Gasteiger partial charge is 0.494 e. The van der Waals surface area contributed by atoms with E-state index in [1.165, 1.54) is 18.4 Å². The summed E-state index contributed by atoms with van der Waals surface area (Å²) in [6.45, 7) is 8.27. The second kappa shape index (κ2) is 6.76. The van der Waals surface area contributed by atoms with Crippen molar-refractivity contribution in [3.63, 3.8) is 0 Å². The Morgan fingerprint density at radius 2 is 2.11 bits per heavy atom. The van der Waals surface area contributed by atoms with Crippen LogP contribution in [0.1, 0.15) is 45.2 Å². The molecule has 0 heterocycles. The molecule has 0 aliphatic heterocycles. The van der Waals surface area contributed by atoms with Gasteiger partial charge in [0.2, 0.25) is 0 Å². The van der Waals surface area contributed by atoms with E-state index in [0.717, 1.165) is 22.7 Å². The third-order valence-electron chi connectivity index (χ3n) is 3.92. The fraction of sp³-hybridized carbons (Fsp3) is 0.625. The highest BCUT2D eigenvalue weighted by atomic mass is 79.9. The summed E-state index contributed by atoms with van der Waals surface area (Å²) >= 11 is 3.59. The number of ether oxygens (including phenoxy) is 1. The third-order valence-corrected chi connectivity index (χ3v) is 4.42. The molecular formula is C16H24BrNO. The smallest absolute Gasteiger partial charge is 0.124 e. The molecule has 1 aromatic carbocycles. The molecule has 2 atom stereocenters. The highest BCUT2D eigenvalue weighted by molar-refractivity contribution is 9.10. The standard InChI is InChI=1S/C16H24BrNO/c1-4-18-16(11(3)12-6-7-12)14-10-13(17)8-9-15(14)19-5-2/h8-12,16,18H,4-7H2,1-3H3. The number of halogens is 1. The number of rotatable bonds is 7. The van der Waals surface area contributed by atoms with Gasteiger partial charge in [0.25, 0.3) is 0 Å². The van der Waals surface area contributed by atoms with Gasteiger partial charge in [-0.15, -0.1) is 0 Å². The predicted molar refractivity (Wildman–Crippen MR) is 83.6 cm³/mol. The summed E-state index contributed by atoms with van der Waals surface area (Å²) in [5.41, 5.74) is 1.29. The highest BCUT2D eigenvalue weighted by Crippen LogP contribution is 2.44. The van der Waals surface area contributed by atoms with E-state index in [2.05, 4.69) is 53.3 Å². The molecule has 1 aliphatic carbocycles. The average Bonchev–Trinajstić information content (AvgIpc) is 3.22. The van der Waals surface area contributed by atoms with Crippen LogP contribution in [0.15, 0.2) is 22.7 Å². The number of nitrogens with one attached hydrogen (secondary N) is 1. The van der Waals surface area contributed by atoms with Gasteiger partial charge < -0.3 is 10.1 Å². The fourth-order valence-electron chi connectivity index (χ4n) is 2.74. The summed E-state index contributed by atoms with van der Waals surface area (Å²) in [7, 11) is 0. The molecule has 1 saturated carbocycles. The molecule has 19 heavy (non-hydrogen) atoms. The molecule has 1 aliphatic rings. The molecule has 2 rings (SSSR count). The number of hydrogen-bond donors (Lipinski definition) is 1. The van der Waals surface area contributed by atoms with Gasteiger partial charge in [0.15, 0.2) is 0 Å². The minimum absolute atomic E-state index is 0.386. The summed E-state index contributed by atoms with van der Waals surface area (Å²) in [5.74, 6) is 2.55. The van der Waals surface area contributed by atoms with Crippen molar-refractivity contribution < 1.29 is 4.74 Å². The van der Waals surface area contributed by atoms with Crippen molar-refractivity contribution in [3.05, 3.63) is 28.2 Å². The van der Waals surface area contributed by atoms with Crippen LogP contribution in [-0.2, 0) is 0 Å². The van der Waals surface area contributed by atoms with Gasteiger partial charge in [0, 0.05) is 16.1 Å². The van der Waals surface area contributed by atoms with Crippen LogP contribution in [0.4, 0.5) is 0 Å². The normalized spacial score (nSPS) is 18.1. The Kier molecular flexibility index (Phi) is 5.28. The second-order valence-electron chi connectivity index (χ2n) is 5.35. The van der Waals surface area contributed by atoms with E-state index < -0.39 is 0 Å².